The van der Waals surface area contributed by atoms with Crippen molar-refractivity contribution in [3.63, 3.8) is 0 Å². The summed E-state index contributed by atoms with van der Waals surface area (Å²) in [7, 11) is 1.76. The molecule has 1 heterocycles. The minimum atomic E-state index is 0.530. The van der Waals surface area contributed by atoms with Gasteiger partial charge >= 0.3 is 0 Å². The van der Waals surface area contributed by atoms with Crippen LogP contribution in [-0.4, -0.2) is 63.3 Å². The molecule has 1 aromatic rings. The summed E-state index contributed by atoms with van der Waals surface area (Å²) in [5, 5.41) is 7.54. The molecular formula is C19H31ClN4O. The first kappa shape index (κ1) is 20.0. The van der Waals surface area contributed by atoms with Crippen molar-refractivity contribution in [3.8, 4) is 0 Å². The van der Waals surface area contributed by atoms with Gasteiger partial charge in [0.1, 0.15) is 0 Å². The molecule has 0 amide bonds. The van der Waals surface area contributed by atoms with Crippen molar-refractivity contribution >= 4 is 17.6 Å². The van der Waals surface area contributed by atoms with E-state index in [9.17, 15) is 0 Å². The summed E-state index contributed by atoms with van der Waals surface area (Å²) in [5.41, 5.74) is 1.27. The SMILES string of the molecule is CCNC(=NCC1CCCN1CCOC)NCCc1ccc(Cl)cc1. The Labute approximate surface area is 156 Å². The van der Waals surface area contributed by atoms with Crippen LogP contribution in [0.2, 0.25) is 5.02 Å². The molecule has 0 radical (unpaired) electrons. The van der Waals surface area contributed by atoms with Crippen LogP contribution in [0.4, 0.5) is 0 Å². The Morgan fingerprint density at radius 1 is 1.32 bits per heavy atom. The first-order valence-electron chi connectivity index (χ1n) is 9.22. The van der Waals surface area contributed by atoms with E-state index in [4.69, 9.17) is 21.3 Å². The maximum atomic E-state index is 5.93. The Morgan fingerprint density at radius 3 is 2.84 bits per heavy atom. The van der Waals surface area contributed by atoms with E-state index in [1.165, 1.54) is 18.4 Å². The fourth-order valence-electron chi connectivity index (χ4n) is 3.12. The zero-order valence-electron chi connectivity index (χ0n) is 15.4. The number of guanidine groups is 1. The van der Waals surface area contributed by atoms with Gasteiger partial charge in [0.25, 0.3) is 0 Å². The second kappa shape index (κ2) is 11.3. The largest absolute Gasteiger partial charge is 0.383 e. The highest BCUT2D eigenvalue weighted by Gasteiger charge is 2.23. The van der Waals surface area contributed by atoms with E-state index in [2.05, 4.69) is 34.6 Å². The number of methoxy groups -OCH3 is 1. The number of likely N-dealkylation sites (tertiary alicyclic amines) is 1. The first-order chi connectivity index (χ1) is 12.2. The zero-order valence-corrected chi connectivity index (χ0v) is 16.2. The van der Waals surface area contributed by atoms with Crippen molar-refractivity contribution in [1.82, 2.24) is 15.5 Å². The van der Waals surface area contributed by atoms with E-state index in [-0.39, 0.29) is 0 Å². The topological polar surface area (TPSA) is 48.9 Å². The van der Waals surface area contributed by atoms with Crippen LogP contribution in [0.3, 0.4) is 0 Å². The van der Waals surface area contributed by atoms with Crippen molar-refractivity contribution in [2.45, 2.75) is 32.2 Å². The van der Waals surface area contributed by atoms with E-state index >= 15 is 0 Å². The molecule has 2 rings (SSSR count). The molecule has 0 aromatic heterocycles. The summed E-state index contributed by atoms with van der Waals surface area (Å²) in [6, 6.07) is 8.54. The molecule has 0 bridgehead atoms. The van der Waals surface area contributed by atoms with Crippen molar-refractivity contribution in [2.24, 2.45) is 4.99 Å². The quantitative estimate of drug-likeness (QED) is 0.521. The van der Waals surface area contributed by atoms with Gasteiger partial charge in [0.05, 0.1) is 13.2 Å². The number of hydrogen-bond acceptors (Lipinski definition) is 3. The average Bonchev–Trinajstić information content (AvgIpc) is 3.07. The van der Waals surface area contributed by atoms with Crippen molar-refractivity contribution < 1.29 is 4.74 Å². The molecule has 1 atom stereocenters. The Morgan fingerprint density at radius 2 is 2.12 bits per heavy atom. The third kappa shape index (κ3) is 7.22. The normalized spacial score (nSPS) is 18.5. The molecule has 0 spiro atoms. The van der Waals surface area contributed by atoms with Crippen LogP contribution in [0.1, 0.15) is 25.3 Å². The number of benzene rings is 1. The summed E-state index contributed by atoms with van der Waals surface area (Å²) in [5.74, 6) is 0.898. The van der Waals surface area contributed by atoms with Gasteiger partial charge in [-0.15, -0.1) is 0 Å². The first-order valence-corrected chi connectivity index (χ1v) is 9.60. The molecule has 6 heteroatoms. The predicted octanol–water partition coefficient (Wildman–Crippen LogP) is 2.55. The lowest BCUT2D eigenvalue weighted by Crippen LogP contribution is -2.40. The van der Waals surface area contributed by atoms with Gasteiger partial charge in [-0.25, -0.2) is 0 Å². The molecule has 1 fully saturated rings. The number of rotatable bonds is 9. The fourth-order valence-corrected chi connectivity index (χ4v) is 3.25. The lowest BCUT2D eigenvalue weighted by Gasteiger charge is -2.23. The van der Waals surface area contributed by atoms with E-state index < -0.39 is 0 Å². The van der Waals surface area contributed by atoms with Crippen LogP contribution in [-0.2, 0) is 11.2 Å². The van der Waals surface area contributed by atoms with Gasteiger partial charge in [-0.2, -0.15) is 0 Å². The summed E-state index contributed by atoms with van der Waals surface area (Å²) in [6.07, 6.45) is 3.42. The lowest BCUT2D eigenvalue weighted by molar-refractivity contribution is 0.142. The van der Waals surface area contributed by atoms with Crippen molar-refractivity contribution in [2.75, 3.05) is 46.4 Å². The number of aliphatic imine (C=N–C) groups is 1. The number of hydrogen-bond donors (Lipinski definition) is 2. The fraction of sp³-hybridized carbons (Fsp3) is 0.632. The Hall–Kier alpha value is -1.30. The van der Waals surface area contributed by atoms with Gasteiger partial charge in [-0.1, -0.05) is 23.7 Å². The molecule has 5 nitrogen and oxygen atoms in total. The van der Waals surface area contributed by atoms with E-state index in [1.807, 2.05) is 12.1 Å². The van der Waals surface area contributed by atoms with E-state index in [0.717, 1.165) is 56.7 Å². The Balaban J connectivity index is 1.79. The Bertz CT molecular complexity index is 521. The van der Waals surface area contributed by atoms with Gasteiger partial charge in [0, 0.05) is 37.8 Å². The van der Waals surface area contributed by atoms with Crippen LogP contribution < -0.4 is 10.6 Å². The van der Waals surface area contributed by atoms with Crippen LogP contribution in [0, 0.1) is 0 Å². The van der Waals surface area contributed by atoms with Crippen LogP contribution in [0.15, 0.2) is 29.3 Å². The third-order valence-electron chi connectivity index (χ3n) is 4.51. The second-order valence-corrected chi connectivity index (χ2v) is 6.78. The second-order valence-electron chi connectivity index (χ2n) is 6.35. The molecule has 1 unspecified atom stereocenters. The maximum Gasteiger partial charge on any atom is 0.191 e. The van der Waals surface area contributed by atoms with E-state index in [1.54, 1.807) is 7.11 Å². The molecular weight excluding hydrogens is 336 g/mol. The zero-order chi connectivity index (χ0) is 17.9. The highest BCUT2D eigenvalue weighted by molar-refractivity contribution is 6.30. The number of nitrogens with zero attached hydrogens (tertiary/aromatic N) is 2. The van der Waals surface area contributed by atoms with E-state index in [0.29, 0.717) is 6.04 Å². The highest BCUT2D eigenvalue weighted by Crippen LogP contribution is 2.16. The molecule has 140 valence electrons. The highest BCUT2D eigenvalue weighted by atomic mass is 35.5. The summed E-state index contributed by atoms with van der Waals surface area (Å²) in [4.78, 5) is 7.28. The molecule has 25 heavy (non-hydrogen) atoms. The lowest BCUT2D eigenvalue weighted by atomic mass is 10.1. The summed E-state index contributed by atoms with van der Waals surface area (Å²) < 4.78 is 5.21. The molecule has 1 saturated heterocycles. The molecule has 1 aliphatic heterocycles. The number of halogens is 1. The van der Waals surface area contributed by atoms with Crippen LogP contribution >= 0.6 is 11.6 Å². The molecule has 1 aromatic carbocycles. The molecule has 2 N–H and O–H groups in total. The maximum absolute atomic E-state index is 5.93. The van der Waals surface area contributed by atoms with Crippen molar-refractivity contribution in [1.29, 1.82) is 0 Å². The van der Waals surface area contributed by atoms with Gasteiger partial charge in [-0.3, -0.25) is 9.89 Å². The van der Waals surface area contributed by atoms with Crippen LogP contribution in [0.25, 0.3) is 0 Å². The molecule has 0 saturated carbocycles. The third-order valence-corrected chi connectivity index (χ3v) is 4.76. The standard InChI is InChI=1S/C19H31ClN4O/c1-3-21-19(22-11-10-16-6-8-17(20)9-7-16)23-15-18-5-4-12-24(18)13-14-25-2/h6-9,18H,3-5,10-15H2,1-2H3,(H2,21,22,23). The minimum Gasteiger partial charge on any atom is -0.383 e. The van der Waals surface area contributed by atoms with Crippen molar-refractivity contribution in [3.05, 3.63) is 34.9 Å². The van der Waals surface area contributed by atoms with Crippen LogP contribution in [0.5, 0.6) is 0 Å². The van der Waals surface area contributed by atoms with Gasteiger partial charge in [-0.05, 0) is 50.4 Å². The summed E-state index contributed by atoms with van der Waals surface area (Å²) >= 11 is 5.93. The predicted molar refractivity (Wildman–Crippen MR) is 106 cm³/mol. The molecule has 0 aliphatic carbocycles. The van der Waals surface area contributed by atoms with Gasteiger partial charge in [0.15, 0.2) is 5.96 Å². The average molecular weight is 367 g/mol. The smallest absolute Gasteiger partial charge is 0.191 e. The molecule has 1 aliphatic rings. The number of ether oxygens (including phenoxy) is 1. The summed E-state index contributed by atoms with van der Waals surface area (Å²) in [6.45, 7) is 7.59. The number of nitrogens with one attached hydrogen (secondary N) is 2. The van der Waals surface area contributed by atoms with Gasteiger partial charge in [0.2, 0.25) is 0 Å². The Kier molecular flexibility index (Phi) is 9.08. The minimum absolute atomic E-state index is 0.530. The van der Waals surface area contributed by atoms with Gasteiger partial charge < -0.3 is 15.4 Å². The monoisotopic (exact) mass is 366 g/mol.